The Morgan fingerprint density at radius 1 is 0.795 bits per heavy atom. The lowest BCUT2D eigenvalue weighted by atomic mass is 10.0. The van der Waals surface area contributed by atoms with Gasteiger partial charge < -0.3 is 19.1 Å². The molecule has 0 aliphatic heterocycles. The van der Waals surface area contributed by atoms with Gasteiger partial charge in [-0.15, -0.1) is 0 Å². The van der Waals surface area contributed by atoms with Crippen molar-refractivity contribution < 1.29 is 19.5 Å². The molecule has 0 spiro atoms. The van der Waals surface area contributed by atoms with Crippen LogP contribution in [0.2, 0.25) is 0 Å². The minimum absolute atomic E-state index is 0.141. The minimum Gasteiger partial charge on any atom is -0.492 e. The fourth-order valence-electron chi connectivity index (χ4n) is 5.44. The van der Waals surface area contributed by atoms with Gasteiger partial charge in [-0.3, -0.25) is 15.4 Å². The average Bonchev–Trinajstić information content (AvgIpc) is 3.35. The number of hydrogen-bond donors (Lipinski definition) is 2. The maximum absolute atomic E-state index is 11.8. The zero-order valence-electron chi connectivity index (χ0n) is 24.4. The van der Waals surface area contributed by atoms with Crippen molar-refractivity contribution in [2.45, 2.75) is 25.8 Å². The van der Waals surface area contributed by atoms with Crippen molar-refractivity contribution in [2.75, 3.05) is 13.2 Å². The van der Waals surface area contributed by atoms with Gasteiger partial charge in [0.2, 0.25) is 0 Å². The lowest BCUT2D eigenvalue weighted by Crippen LogP contribution is -2.41. The van der Waals surface area contributed by atoms with Crippen LogP contribution in [0.5, 0.6) is 11.5 Å². The van der Waals surface area contributed by atoms with E-state index in [1.165, 1.54) is 23.1 Å². The summed E-state index contributed by atoms with van der Waals surface area (Å²) in [6.45, 7) is 3.08. The first-order chi connectivity index (χ1) is 21.4. The van der Waals surface area contributed by atoms with Gasteiger partial charge in [-0.1, -0.05) is 84.9 Å². The predicted molar refractivity (Wildman–Crippen MR) is 172 cm³/mol. The second-order valence-corrected chi connectivity index (χ2v) is 10.8. The normalized spacial score (nSPS) is 12.7. The quantitative estimate of drug-likeness (QED) is 0.0682. The molecule has 0 saturated carbocycles. The van der Waals surface area contributed by atoms with E-state index in [1.807, 2.05) is 60.7 Å². The van der Waals surface area contributed by atoms with Gasteiger partial charge in [0, 0.05) is 47.1 Å². The fourth-order valence-corrected chi connectivity index (χ4v) is 5.44. The Kier molecular flexibility index (Phi) is 8.27. The molecular weight excluding hydrogens is 554 g/mol. The maximum Gasteiger partial charge on any atom is 0.311 e. The van der Waals surface area contributed by atoms with Crippen molar-refractivity contribution >= 4 is 27.5 Å². The summed E-state index contributed by atoms with van der Waals surface area (Å²) < 4.78 is 14.1. The van der Waals surface area contributed by atoms with E-state index in [-0.39, 0.29) is 24.7 Å². The molecule has 0 amide bonds. The second-order valence-electron chi connectivity index (χ2n) is 10.8. The van der Waals surface area contributed by atoms with E-state index in [0.717, 1.165) is 28.5 Å². The van der Waals surface area contributed by atoms with Gasteiger partial charge in [0.1, 0.15) is 24.7 Å². The summed E-state index contributed by atoms with van der Waals surface area (Å²) in [4.78, 5) is 11.3. The number of nitro benzene ring substituents is 1. The number of nitro groups is 1. The Labute approximate surface area is 255 Å². The summed E-state index contributed by atoms with van der Waals surface area (Å²) in [6.07, 6.45) is 0. The molecule has 1 atom stereocenters. The van der Waals surface area contributed by atoms with Gasteiger partial charge >= 0.3 is 5.69 Å². The average molecular weight is 588 g/mol. The van der Waals surface area contributed by atoms with Crippen LogP contribution < -0.4 is 14.8 Å². The van der Waals surface area contributed by atoms with Gasteiger partial charge in [0.05, 0.1) is 10.4 Å². The van der Waals surface area contributed by atoms with E-state index in [2.05, 4.69) is 52.3 Å². The van der Waals surface area contributed by atoms with Gasteiger partial charge in [-0.05, 0) is 42.3 Å². The summed E-state index contributed by atoms with van der Waals surface area (Å²) in [6, 6.07) is 38.7. The fraction of sp³-hybridized carbons (Fsp3) is 0.167. The number of ether oxygens (including phenoxy) is 2. The van der Waals surface area contributed by atoms with Crippen LogP contribution in [0.3, 0.4) is 0 Å². The smallest absolute Gasteiger partial charge is 0.311 e. The Balaban J connectivity index is 1.13. The maximum atomic E-state index is 11.8. The molecule has 1 unspecified atom stereocenters. The summed E-state index contributed by atoms with van der Waals surface area (Å²) in [5.41, 5.74) is 2.96. The van der Waals surface area contributed by atoms with Gasteiger partial charge in [0.15, 0.2) is 5.75 Å². The molecule has 5 aromatic carbocycles. The molecule has 0 radical (unpaired) electrons. The van der Waals surface area contributed by atoms with E-state index in [9.17, 15) is 15.2 Å². The summed E-state index contributed by atoms with van der Waals surface area (Å²) in [5.74, 6) is 0.855. The molecule has 0 bridgehead atoms. The SMILES string of the molecule is CC(O)(NCCOc1ccc2c3ccccc3n(Cc3ccccc3)c2c1)c1ccc(OCc2ccccc2)c([N+](=O)[O-])c1. The van der Waals surface area contributed by atoms with Gasteiger partial charge in [-0.2, -0.15) is 0 Å². The third-order valence-corrected chi connectivity index (χ3v) is 7.72. The molecule has 0 aliphatic rings. The van der Waals surface area contributed by atoms with Crippen LogP contribution in [0.1, 0.15) is 23.6 Å². The topological polar surface area (TPSA) is 98.8 Å². The highest BCUT2D eigenvalue weighted by Crippen LogP contribution is 2.33. The molecule has 0 fully saturated rings. The molecular formula is C36H33N3O5. The van der Waals surface area contributed by atoms with Crippen molar-refractivity contribution in [3.05, 3.63) is 148 Å². The number of fused-ring (bicyclic) bond motifs is 3. The zero-order valence-corrected chi connectivity index (χ0v) is 24.4. The molecule has 2 N–H and O–H groups in total. The van der Waals surface area contributed by atoms with Crippen LogP contribution in [0.4, 0.5) is 5.69 Å². The largest absolute Gasteiger partial charge is 0.492 e. The third-order valence-electron chi connectivity index (χ3n) is 7.72. The first kappa shape index (κ1) is 28.9. The zero-order chi connectivity index (χ0) is 30.5. The number of aromatic nitrogens is 1. The first-order valence-electron chi connectivity index (χ1n) is 14.5. The van der Waals surface area contributed by atoms with Crippen LogP contribution >= 0.6 is 0 Å². The summed E-state index contributed by atoms with van der Waals surface area (Å²) in [7, 11) is 0. The number of hydrogen-bond acceptors (Lipinski definition) is 6. The van der Waals surface area contributed by atoms with Crippen LogP contribution in [0.15, 0.2) is 121 Å². The lowest BCUT2D eigenvalue weighted by molar-refractivity contribution is -0.386. The van der Waals surface area contributed by atoms with E-state index in [0.29, 0.717) is 17.9 Å². The van der Waals surface area contributed by atoms with Crippen LogP contribution in [-0.4, -0.2) is 27.7 Å². The monoisotopic (exact) mass is 587 g/mol. The molecule has 1 aromatic heterocycles. The number of nitrogens with one attached hydrogen (secondary N) is 1. The molecule has 8 heteroatoms. The van der Waals surface area contributed by atoms with E-state index in [4.69, 9.17) is 9.47 Å². The van der Waals surface area contributed by atoms with E-state index >= 15 is 0 Å². The van der Waals surface area contributed by atoms with Crippen molar-refractivity contribution in [3.8, 4) is 11.5 Å². The molecule has 6 aromatic rings. The molecule has 0 aliphatic carbocycles. The summed E-state index contributed by atoms with van der Waals surface area (Å²) >= 11 is 0. The molecule has 8 nitrogen and oxygen atoms in total. The molecule has 1 heterocycles. The Bertz CT molecular complexity index is 1900. The van der Waals surface area contributed by atoms with Crippen LogP contribution in [0, 0.1) is 10.1 Å². The van der Waals surface area contributed by atoms with Crippen molar-refractivity contribution in [3.63, 3.8) is 0 Å². The van der Waals surface area contributed by atoms with Gasteiger partial charge in [0.25, 0.3) is 0 Å². The predicted octanol–water partition coefficient (Wildman–Crippen LogP) is 7.16. The highest BCUT2D eigenvalue weighted by atomic mass is 16.6. The van der Waals surface area contributed by atoms with E-state index in [1.54, 1.807) is 13.0 Å². The van der Waals surface area contributed by atoms with E-state index < -0.39 is 10.6 Å². The first-order valence-corrected chi connectivity index (χ1v) is 14.5. The number of para-hydroxylation sites is 1. The van der Waals surface area contributed by atoms with Crippen LogP contribution in [0.25, 0.3) is 21.8 Å². The molecule has 44 heavy (non-hydrogen) atoms. The highest BCUT2D eigenvalue weighted by Gasteiger charge is 2.27. The molecule has 6 rings (SSSR count). The second kappa shape index (κ2) is 12.6. The summed E-state index contributed by atoms with van der Waals surface area (Å²) in [5, 5.41) is 28.4. The third kappa shape index (κ3) is 6.27. The Hall–Kier alpha value is -5.18. The number of rotatable bonds is 12. The Morgan fingerprint density at radius 2 is 1.48 bits per heavy atom. The minimum atomic E-state index is -1.53. The van der Waals surface area contributed by atoms with Crippen molar-refractivity contribution in [1.82, 2.24) is 9.88 Å². The van der Waals surface area contributed by atoms with Crippen LogP contribution in [-0.2, 0) is 18.9 Å². The number of benzene rings is 5. The molecule has 222 valence electrons. The van der Waals surface area contributed by atoms with Crippen molar-refractivity contribution in [1.29, 1.82) is 0 Å². The number of aliphatic hydroxyl groups is 1. The number of nitrogens with zero attached hydrogens (tertiary/aromatic N) is 2. The van der Waals surface area contributed by atoms with Gasteiger partial charge in [-0.25, -0.2) is 0 Å². The Morgan fingerprint density at radius 3 is 2.23 bits per heavy atom. The highest BCUT2D eigenvalue weighted by molar-refractivity contribution is 6.08. The standard InChI is InChI=1S/C36H33N3O5/c1-36(40,28-16-19-35(34(22-28)39(41)42)44-25-27-12-6-3-7-13-27)37-20-21-43-29-17-18-31-30-14-8-9-15-32(30)38(33(31)23-29)24-26-10-4-2-5-11-26/h2-19,22-23,37,40H,20-21,24-25H2,1H3. The van der Waals surface area contributed by atoms with Crippen molar-refractivity contribution in [2.24, 2.45) is 0 Å². The lowest BCUT2D eigenvalue weighted by Gasteiger charge is -2.25. The molecule has 0 saturated heterocycles.